The van der Waals surface area contributed by atoms with E-state index >= 15 is 0 Å². The molecular formula is C15H20N4O3. The molecule has 0 unspecified atom stereocenters. The van der Waals surface area contributed by atoms with Crippen molar-refractivity contribution in [2.45, 2.75) is 39.5 Å². The standard InChI is InChI=1S/C15H20N4O3/c1-3-4-8-19-14(16-17-18-19)11-22-15(20)13-7-5-6-12(9-13)10-21-2/h5-7,9H,3-4,8,10-11H2,1-2H3. The summed E-state index contributed by atoms with van der Waals surface area (Å²) in [5.74, 6) is 0.151. The van der Waals surface area contributed by atoms with Crippen molar-refractivity contribution in [3.05, 3.63) is 41.2 Å². The molecule has 0 saturated carbocycles. The second kappa shape index (κ2) is 8.23. The Morgan fingerprint density at radius 3 is 2.95 bits per heavy atom. The van der Waals surface area contributed by atoms with Crippen molar-refractivity contribution in [1.29, 1.82) is 0 Å². The molecule has 0 aliphatic carbocycles. The number of hydrogen-bond donors (Lipinski definition) is 0. The minimum atomic E-state index is -0.400. The molecule has 0 aliphatic heterocycles. The van der Waals surface area contributed by atoms with E-state index in [9.17, 15) is 4.79 Å². The maximum Gasteiger partial charge on any atom is 0.338 e. The lowest BCUT2D eigenvalue weighted by Gasteiger charge is -2.07. The molecule has 2 aromatic rings. The normalized spacial score (nSPS) is 10.6. The van der Waals surface area contributed by atoms with Crippen LogP contribution < -0.4 is 0 Å². The Kier molecular flexibility index (Phi) is 6.02. The number of unbranched alkanes of at least 4 members (excludes halogenated alkanes) is 1. The Morgan fingerprint density at radius 1 is 1.32 bits per heavy atom. The highest BCUT2D eigenvalue weighted by Gasteiger charge is 2.12. The van der Waals surface area contributed by atoms with Crippen molar-refractivity contribution in [2.75, 3.05) is 7.11 Å². The van der Waals surface area contributed by atoms with Gasteiger partial charge in [-0.2, -0.15) is 0 Å². The number of carbonyl (C=O) groups excluding carboxylic acids is 1. The van der Waals surface area contributed by atoms with E-state index in [-0.39, 0.29) is 6.61 Å². The summed E-state index contributed by atoms with van der Waals surface area (Å²) in [4.78, 5) is 12.1. The van der Waals surface area contributed by atoms with Gasteiger partial charge >= 0.3 is 5.97 Å². The van der Waals surface area contributed by atoms with Crippen LogP contribution in [0.4, 0.5) is 0 Å². The molecule has 7 nitrogen and oxygen atoms in total. The predicted molar refractivity (Wildman–Crippen MR) is 79.0 cm³/mol. The lowest BCUT2D eigenvalue weighted by atomic mass is 10.1. The van der Waals surface area contributed by atoms with Crippen LogP contribution in [0.3, 0.4) is 0 Å². The molecule has 0 N–H and O–H groups in total. The van der Waals surface area contributed by atoms with Crippen LogP contribution in [-0.4, -0.2) is 33.3 Å². The summed E-state index contributed by atoms with van der Waals surface area (Å²) >= 11 is 0. The maximum absolute atomic E-state index is 12.1. The third-order valence-electron chi connectivity index (χ3n) is 3.14. The van der Waals surface area contributed by atoms with Gasteiger partial charge in [0, 0.05) is 13.7 Å². The van der Waals surface area contributed by atoms with Crippen LogP contribution in [0, 0.1) is 0 Å². The summed E-state index contributed by atoms with van der Waals surface area (Å²) < 4.78 is 12.0. The quantitative estimate of drug-likeness (QED) is 0.694. The number of aryl methyl sites for hydroxylation is 1. The summed E-state index contributed by atoms with van der Waals surface area (Å²) in [6, 6.07) is 7.16. The van der Waals surface area contributed by atoms with Crippen LogP contribution in [0.2, 0.25) is 0 Å². The first-order valence-corrected chi connectivity index (χ1v) is 7.24. The van der Waals surface area contributed by atoms with E-state index in [1.54, 1.807) is 30.0 Å². The molecule has 0 radical (unpaired) electrons. The van der Waals surface area contributed by atoms with Crippen LogP contribution in [0.1, 0.15) is 41.5 Å². The van der Waals surface area contributed by atoms with Crippen molar-refractivity contribution in [3.8, 4) is 0 Å². The fourth-order valence-corrected chi connectivity index (χ4v) is 1.98. The molecule has 2 rings (SSSR count). The van der Waals surface area contributed by atoms with Crippen molar-refractivity contribution in [1.82, 2.24) is 20.2 Å². The van der Waals surface area contributed by atoms with Gasteiger partial charge < -0.3 is 9.47 Å². The highest BCUT2D eigenvalue weighted by atomic mass is 16.5. The maximum atomic E-state index is 12.1. The second-order valence-corrected chi connectivity index (χ2v) is 4.88. The van der Waals surface area contributed by atoms with Gasteiger partial charge in [0.25, 0.3) is 0 Å². The van der Waals surface area contributed by atoms with E-state index in [1.807, 2.05) is 6.07 Å². The Morgan fingerprint density at radius 2 is 2.18 bits per heavy atom. The zero-order valence-electron chi connectivity index (χ0n) is 12.9. The minimum absolute atomic E-state index is 0.0596. The van der Waals surface area contributed by atoms with Crippen molar-refractivity contribution in [2.24, 2.45) is 0 Å². The summed E-state index contributed by atoms with van der Waals surface area (Å²) in [6.45, 7) is 3.33. The van der Waals surface area contributed by atoms with Crippen LogP contribution >= 0.6 is 0 Å². The largest absolute Gasteiger partial charge is 0.454 e. The number of aromatic nitrogens is 4. The number of rotatable bonds is 8. The number of benzene rings is 1. The van der Waals surface area contributed by atoms with E-state index in [2.05, 4.69) is 22.4 Å². The van der Waals surface area contributed by atoms with Gasteiger partial charge in [0.15, 0.2) is 12.4 Å². The summed E-state index contributed by atoms with van der Waals surface area (Å²) in [6.07, 6.45) is 2.02. The van der Waals surface area contributed by atoms with Gasteiger partial charge in [0.05, 0.1) is 12.2 Å². The number of ether oxygens (including phenoxy) is 2. The van der Waals surface area contributed by atoms with Gasteiger partial charge in [-0.15, -0.1) is 5.10 Å². The molecule has 0 fully saturated rings. The van der Waals surface area contributed by atoms with E-state index in [1.165, 1.54) is 0 Å². The number of tetrazole rings is 1. The predicted octanol–water partition coefficient (Wildman–Crippen LogP) is 1.98. The summed E-state index contributed by atoms with van der Waals surface area (Å²) in [5, 5.41) is 11.4. The molecule has 0 aliphatic rings. The summed E-state index contributed by atoms with van der Waals surface area (Å²) in [7, 11) is 1.61. The highest BCUT2D eigenvalue weighted by molar-refractivity contribution is 5.89. The molecule has 1 aromatic heterocycles. The van der Waals surface area contributed by atoms with Gasteiger partial charge in [-0.25, -0.2) is 9.48 Å². The zero-order chi connectivity index (χ0) is 15.8. The average Bonchev–Trinajstić information content (AvgIpc) is 2.98. The van der Waals surface area contributed by atoms with E-state index in [0.29, 0.717) is 18.0 Å². The SMILES string of the molecule is CCCCn1nnnc1COC(=O)c1cccc(COC)c1. The van der Waals surface area contributed by atoms with Crippen LogP contribution in [-0.2, 0) is 29.2 Å². The van der Waals surface area contributed by atoms with Crippen molar-refractivity contribution >= 4 is 5.97 Å². The molecule has 7 heteroatoms. The van der Waals surface area contributed by atoms with Crippen molar-refractivity contribution < 1.29 is 14.3 Å². The van der Waals surface area contributed by atoms with Crippen LogP contribution in [0.25, 0.3) is 0 Å². The molecule has 0 saturated heterocycles. The Hall–Kier alpha value is -2.28. The minimum Gasteiger partial charge on any atom is -0.454 e. The summed E-state index contributed by atoms with van der Waals surface area (Å²) in [5.41, 5.74) is 1.41. The van der Waals surface area contributed by atoms with Crippen LogP contribution in [0.15, 0.2) is 24.3 Å². The number of nitrogens with zero attached hydrogens (tertiary/aromatic N) is 4. The van der Waals surface area contributed by atoms with Gasteiger partial charge in [-0.05, 0) is 34.5 Å². The fourth-order valence-electron chi connectivity index (χ4n) is 1.98. The first kappa shape index (κ1) is 16.1. The smallest absolute Gasteiger partial charge is 0.338 e. The molecule has 1 heterocycles. The van der Waals surface area contributed by atoms with Gasteiger partial charge in [-0.3, -0.25) is 0 Å². The molecule has 118 valence electrons. The Labute approximate surface area is 129 Å². The lowest BCUT2D eigenvalue weighted by Crippen LogP contribution is -2.11. The van der Waals surface area contributed by atoms with E-state index in [0.717, 1.165) is 24.9 Å². The Balaban J connectivity index is 1.95. The molecular weight excluding hydrogens is 284 g/mol. The van der Waals surface area contributed by atoms with Gasteiger partial charge in [0.1, 0.15) is 0 Å². The van der Waals surface area contributed by atoms with Gasteiger partial charge in [-0.1, -0.05) is 25.5 Å². The number of carbonyl (C=O) groups is 1. The number of hydrogen-bond acceptors (Lipinski definition) is 6. The molecule has 0 atom stereocenters. The van der Waals surface area contributed by atoms with Crippen LogP contribution in [0.5, 0.6) is 0 Å². The molecule has 0 spiro atoms. The monoisotopic (exact) mass is 304 g/mol. The second-order valence-electron chi connectivity index (χ2n) is 4.88. The third kappa shape index (κ3) is 4.36. The first-order chi connectivity index (χ1) is 10.7. The fraction of sp³-hybridized carbons (Fsp3) is 0.467. The molecule has 0 bridgehead atoms. The van der Waals surface area contributed by atoms with E-state index < -0.39 is 5.97 Å². The zero-order valence-corrected chi connectivity index (χ0v) is 12.9. The lowest BCUT2D eigenvalue weighted by molar-refractivity contribution is 0.0456. The highest BCUT2D eigenvalue weighted by Crippen LogP contribution is 2.09. The average molecular weight is 304 g/mol. The molecule has 22 heavy (non-hydrogen) atoms. The molecule has 1 aromatic carbocycles. The van der Waals surface area contributed by atoms with E-state index in [4.69, 9.17) is 9.47 Å². The number of esters is 1. The first-order valence-electron chi connectivity index (χ1n) is 7.24. The van der Waals surface area contributed by atoms with Crippen molar-refractivity contribution in [3.63, 3.8) is 0 Å². The third-order valence-corrected chi connectivity index (χ3v) is 3.14. The topological polar surface area (TPSA) is 79.1 Å². The van der Waals surface area contributed by atoms with Gasteiger partial charge in [0.2, 0.25) is 0 Å². The number of methoxy groups -OCH3 is 1. The molecule has 0 amide bonds. The Bertz CT molecular complexity index is 612.